The molecule has 11 heteroatoms. The van der Waals surface area contributed by atoms with Crippen LogP contribution in [0.5, 0.6) is 0 Å². The first-order chi connectivity index (χ1) is 19.6. The number of carbonyl (C=O) groups is 4. The molecule has 0 N–H and O–H groups in total. The molecule has 0 spiro atoms. The van der Waals surface area contributed by atoms with Crippen LogP contribution >= 0.6 is 11.9 Å². The van der Waals surface area contributed by atoms with Crippen LogP contribution < -0.4 is 0 Å². The van der Waals surface area contributed by atoms with Crippen LogP contribution in [-0.4, -0.2) is 77.7 Å². The Hall–Kier alpha value is -1.85. The number of esters is 4. The first-order valence-corrected chi connectivity index (χ1v) is 16.1. The predicted octanol–water partition coefficient (Wildman–Crippen LogP) is 5.74. The Bertz CT molecular complexity index is 765. The standard InChI is InChI=1S/C30H53NO9S/c1-7-9-11-13-15-17-19-31(20-18-16-14-12-10-8-2)41-30-29(39-25(6)35)28(38-24(5)34)27(40-30)26(37-23(4)33)21-36-22(3)32/h26-30H,7-21H2,1-6H3/t26-,27-,28+,29-,30+/m1/s1. The summed E-state index contributed by atoms with van der Waals surface area (Å²) in [6, 6.07) is 0. The smallest absolute Gasteiger partial charge is 0.303 e. The second-order valence-electron chi connectivity index (χ2n) is 10.6. The quantitative estimate of drug-likeness (QED) is 0.0652. The number of ether oxygens (including phenoxy) is 5. The van der Waals surface area contributed by atoms with Crippen molar-refractivity contribution in [2.75, 3.05) is 19.7 Å². The molecular formula is C30H53NO9S. The van der Waals surface area contributed by atoms with Gasteiger partial charge in [0.1, 0.15) is 12.7 Å². The van der Waals surface area contributed by atoms with E-state index in [2.05, 4.69) is 18.2 Å². The van der Waals surface area contributed by atoms with Crippen LogP contribution in [0.1, 0.15) is 119 Å². The summed E-state index contributed by atoms with van der Waals surface area (Å²) >= 11 is 1.43. The molecule has 0 amide bonds. The zero-order valence-corrected chi connectivity index (χ0v) is 26.8. The van der Waals surface area contributed by atoms with Crippen LogP contribution in [0.4, 0.5) is 0 Å². The van der Waals surface area contributed by atoms with Gasteiger partial charge in [-0.05, 0) is 24.8 Å². The largest absolute Gasteiger partial charge is 0.462 e. The Morgan fingerprint density at radius 2 is 1.17 bits per heavy atom. The van der Waals surface area contributed by atoms with Crippen LogP contribution in [0.3, 0.4) is 0 Å². The fraction of sp³-hybridized carbons (Fsp3) is 0.867. The van der Waals surface area contributed by atoms with E-state index in [9.17, 15) is 19.2 Å². The van der Waals surface area contributed by atoms with E-state index in [0.717, 1.165) is 38.8 Å². The summed E-state index contributed by atoms with van der Waals surface area (Å²) in [4.78, 5) is 47.6. The van der Waals surface area contributed by atoms with Gasteiger partial charge in [0, 0.05) is 40.8 Å². The molecule has 0 aliphatic carbocycles. The van der Waals surface area contributed by atoms with E-state index in [0.29, 0.717) is 0 Å². The third-order valence-electron chi connectivity index (χ3n) is 6.72. The number of carbonyl (C=O) groups excluding carboxylic acids is 4. The molecule has 0 aromatic rings. The maximum absolute atomic E-state index is 12.1. The lowest BCUT2D eigenvalue weighted by Gasteiger charge is -2.28. The Morgan fingerprint density at radius 1 is 0.683 bits per heavy atom. The first-order valence-electron chi connectivity index (χ1n) is 15.3. The summed E-state index contributed by atoms with van der Waals surface area (Å²) in [5, 5.41) is 0. The Balaban J connectivity index is 3.12. The molecule has 1 fully saturated rings. The third kappa shape index (κ3) is 16.4. The minimum Gasteiger partial charge on any atom is -0.462 e. The summed E-state index contributed by atoms with van der Waals surface area (Å²) in [6.07, 6.45) is 9.96. The van der Waals surface area contributed by atoms with Crippen LogP contribution in [0.2, 0.25) is 0 Å². The van der Waals surface area contributed by atoms with Gasteiger partial charge in [-0.2, -0.15) is 0 Å². The van der Waals surface area contributed by atoms with Crippen LogP contribution in [0.25, 0.3) is 0 Å². The molecule has 10 nitrogen and oxygen atoms in total. The highest BCUT2D eigenvalue weighted by atomic mass is 32.2. The lowest BCUT2D eigenvalue weighted by atomic mass is 10.1. The molecule has 1 aliphatic heterocycles. The minimum atomic E-state index is -1.06. The number of rotatable bonds is 22. The monoisotopic (exact) mass is 603 g/mol. The van der Waals surface area contributed by atoms with Gasteiger partial charge in [-0.3, -0.25) is 19.2 Å². The molecule has 0 aromatic carbocycles. The van der Waals surface area contributed by atoms with Gasteiger partial charge in [0.15, 0.2) is 23.7 Å². The normalized spacial score (nSPS) is 21.0. The van der Waals surface area contributed by atoms with E-state index in [4.69, 9.17) is 23.7 Å². The van der Waals surface area contributed by atoms with Crippen molar-refractivity contribution in [2.45, 2.75) is 148 Å². The average Bonchev–Trinajstić information content (AvgIpc) is 3.20. The SMILES string of the molecule is CCCCCCCCN(CCCCCCCC)S[C@@H]1O[C@H]([C@@H](COC(C)=O)OC(C)=O)[C@H](OC(C)=O)[C@H]1OC(C)=O. The van der Waals surface area contributed by atoms with Gasteiger partial charge in [0.2, 0.25) is 0 Å². The van der Waals surface area contributed by atoms with Gasteiger partial charge in [-0.1, -0.05) is 78.1 Å². The topological polar surface area (TPSA) is 118 Å². The Labute approximate surface area is 251 Å². The van der Waals surface area contributed by atoms with E-state index in [-0.39, 0.29) is 6.61 Å². The van der Waals surface area contributed by atoms with E-state index in [1.807, 2.05) is 0 Å². The summed E-state index contributed by atoms with van der Waals surface area (Å²) < 4.78 is 30.4. The van der Waals surface area contributed by atoms with Crippen LogP contribution in [0.15, 0.2) is 0 Å². The maximum Gasteiger partial charge on any atom is 0.303 e. The molecule has 0 aromatic heterocycles. The van der Waals surface area contributed by atoms with E-state index in [1.165, 1.54) is 91.0 Å². The van der Waals surface area contributed by atoms with Crippen molar-refractivity contribution in [3.8, 4) is 0 Å². The summed E-state index contributed by atoms with van der Waals surface area (Å²) in [7, 11) is 0. The Morgan fingerprint density at radius 3 is 1.63 bits per heavy atom. The zero-order chi connectivity index (χ0) is 30.6. The highest BCUT2D eigenvalue weighted by molar-refractivity contribution is 7.97. The average molecular weight is 604 g/mol. The van der Waals surface area contributed by atoms with Crippen molar-refractivity contribution in [1.82, 2.24) is 4.31 Å². The van der Waals surface area contributed by atoms with Gasteiger partial charge in [-0.25, -0.2) is 4.31 Å². The van der Waals surface area contributed by atoms with Gasteiger partial charge in [0.05, 0.1) is 0 Å². The van der Waals surface area contributed by atoms with Crippen molar-refractivity contribution in [3.05, 3.63) is 0 Å². The highest BCUT2D eigenvalue weighted by Gasteiger charge is 2.54. The molecular weight excluding hydrogens is 550 g/mol. The molecule has 1 heterocycles. The second-order valence-corrected chi connectivity index (χ2v) is 11.8. The molecule has 1 rings (SSSR count). The molecule has 1 saturated heterocycles. The number of unbranched alkanes of at least 4 members (excludes halogenated alkanes) is 10. The van der Waals surface area contributed by atoms with E-state index >= 15 is 0 Å². The van der Waals surface area contributed by atoms with Gasteiger partial charge in [0.25, 0.3) is 0 Å². The second kappa shape index (κ2) is 21.8. The molecule has 0 saturated carbocycles. The van der Waals surface area contributed by atoms with Crippen molar-refractivity contribution >= 4 is 35.8 Å². The van der Waals surface area contributed by atoms with Gasteiger partial charge < -0.3 is 23.7 Å². The predicted molar refractivity (Wildman–Crippen MR) is 158 cm³/mol. The first kappa shape index (κ1) is 37.2. The van der Waals surface area contributed by atoms with Crippen molar-refractivity contribution in [2.24, 2.45) is 0 Å². The lowest BCUT2D eigenvalue weighted by Crippen LogP contribution is -2.46. The molecule has 0 unspecified atom stereocenters. The maximum atomic E-state index is 12.1. The number of nitrogens with zero attached hydrogens (tertiary/aromatic N) is 1. The van der Waals surface area contributed by atoms with Gasteiger partial charge >= 0.3 is 23.9 Å². The van der Waals surface area contributed by atoms with Crippen molar-refractivity contribution < 1.29 is 42.9 Å². The third-order valence-corrected chi connectivity index (χ3v) is 7.97. The Kier molecular flexibility index (Phi) is 19.8. The van der Waals surface area contributed by atoms with Crippen LogP contribution in [0, 0.1) is 0 Å². The van der Waals surface area contributed by atoms with E-state index in [1.54, 1.807) is 0 Å². The molecule has 41 heavy (non-hydrogen) atoms. The lowest BCUT2D eigenvalue weighted by molar-refractivity contribution is -0.176. The molecule has 5 atom stereocenters. The number of hydrogen-bond donors (Lipinski definition) is 0. The number of hydrogen-bond acceptors (Lipinski definition) is 11. The van der Waals surface area contributed by atoms with Gasteiger partial charge in [-0.15, -0.1) is 0 Å². The molecule has 238 valence electrons. The fourth-order valence-electron chi connectivity index (χ4n) is 4.79. The minimum absolute atomic E-state index is 0.291. The molecule has 0 radical (unpaired) electrons. The zero-order valence-electron chi connectivity index (χ0n) is 26.0. The van der Waals surface area contributed by atoms with Crippen molar-refractivity contribution in [3.63, 3.8) is 0 Å². The molecule has 0 bridgehead atoms. The van der Waals surface area contributed by atoms with Crippen molar-refractivity contribution in [1.29, 1.82) is 0 Å². The fourth-order valence-corrected chi connectivity index (χ4v) is 6.06. The van der Waals surface area contributed by atoms with E-state index < -0.39 is 53.7 Å². The van der Waals surface area contributed by atoms with Crippen LogP contribution in [-0.2, 0) is 42.9 Å². The summed E-state index contributed by atoms with van der Waals surface area (Å²) in [5.74, 6) is -2.32. The highest BCUT2D eigenvalue weighted by Crippen LogP contribution is 2.38. The summed E-state index contributed by atoms with van der Waals surface area (Å²) in [5.41, 5.74) is -0.719. The summed E-state index contributed by atoms with van der Waals surface area (Å²) in [6.45, 7) is 10.8. The molecule has 1 aliphatic rings.